The molecule has 0 spiro atoms. The summed E-state index contributed by atoms with van der Waals surface area (Å²) in [7, 11) is 0. The molecule has 1 heterocycles. The van der Waals surface area contributed by atoms with E-state index in [0.717, 1.165) is 24.3 Å². The van der Waals surface area contributed by atoms with E-state index in [1.54, 1.807) is 0 Å². The number of aromatic nitrogens is 1. The van der Waals surface area contributed by atoms with Crippen LogP contribution in [-0.4, -0.2) is 17.4 Å². The molecule has 5 heteroatoms. The molecular formula is C11H17N3O2. The number of carbonyl (C=O) groups is 1. The largest absolute Gasteiger partial charge is 0.444 e. The third-order valence-corrected chi connectivity index (χ3v) is 3.20. The van der Waals surface area contributed by atoms with Gasteiger partial charge in [0.1, 0.15) is 5.76 Å². The quantitative estimate of drug-likeness (QED) is 0.785. The van der Waals surface area contributed by atoms with Crippen molar-refractivity contribution in [2.75, 3.05) is 6.54 Å². The fourth-order valence-electron chi connectivity index (χ4n) is 1.63. The molecule has 1 aliphatic carbocycles. The average molecular weight is 223 g/mol. The molecule has 2 rings (SSSR count). The molecule has 5 nitrogen and oxygen atoms in total. The number of nitrogens with zero attached hydrogens (tertiary/aromatic N) is 1. The molecule has 1 aromatic heterocycles. The number of oxazole rings is 1. The number of nitrogens with one attached hydrogen (secondary N) is 1. The normalized spacial score (nSPS) is 17.2. The molecular weight excluding hydrogens is 206 g/mol. The van der Waals surface area contributed by atoms with Gasteiger partial charge in [0.2, 0.25) is 11.8 Å². The van der Waals surface area contributed by atoms with Crippen molar-refractivity contribution in [1.82, 2.24) is 10.3 Å². The highest BCUT2D eigenvalue weighted by molar-refractivity contribution is 5.85. The summed E-state index contributed by atoms with van der Waals surface area (Å²) < 4.78 is 5.37. The lowest BCUT2D eigenvalue weighted by Gasteiger charge is -2.11. The van der Waals surface area contributed by atoms with Crippen molar-refractivity contribution in [3.8, 4) is 0 Å². The van der Waals surface area contributed by atoms with Crippen LogP contribution in [0.4, 0.5) is 0 Å². The summed E-state index contributed by atoms with van der Waals surface area (Å²) in [6, 6.07) is 0. The lowest BCUT2D eigenvalue weighted by Crippen LogP contribution is -2.36. The Kier molecular flexibility index (Phi) is 2.71. The zero-order chi connectivity index (χ0) is 11.8. The summed E-state index contributed by atoms with van der Waals surface area (Å²) in [5.41, 5.74) is 6.12. The molecule has 16 heavy (non-hydrogen) atoms. The van der Waals surface area contributed by atoms with Crippen LogP contribution in [0.15, 0.2) is 4.42 Å². The number of hydrogen-bond donors (Lipinski definition) is 2. The molecule has 0 saturated heterocycles. The van der Waals surface area contributed by atoms with Crippen LogP contribution in [-0.2, 0) is 11.3 Å². The first-order valence-corrected chi connectivity index (χ1v) is 5.49. The molecule has 1 fully saturated rings. The van der Waals surface area contributed by atoms with Gasteiger partial charge < -0.3 is 15.5 Å². The van der Waals surface area contributed by atoms with E-state index in [1.165, 1.54) is 0 Å². The van der Waals surface area contributed by atoms with E-state index in [2.05, 4.69) is 10.3 Å². The first kappa shape index (κ1) is 11.1. The fourth-order valence-corrected chi connectivity index (χ4v) is 1.63. The molecule has 0 aliphatic heterocycles. The fraction of sp³-hybridized carbons (Fsp3) is 0.636. The Morgan fingerprint density at radius 3 is 2.69 bits per heavy atom. The maximum absolute atomic E-state index is 11.8. The van der Waals surface area contributed by atoms with Crippen LogP contribution in [0.2, 0.25) is 0 Å². The van der Waals surface area contributed by atoms with Gasteiger partial charge in [-0.3, -0.25) is 4.79 Å². The second-order valence-corrected chi connectivity index (χ2v) is 4.42. The number of nitrogens with two attached hydrogens (primary N) is 1. The molecule has 0 atom stereocenters. The topological polar surface area (TPSA) is 81.2 Å². The smallest absolute Gasteiger partial charge is 0.227 e. The van der Waals surface area contributed by atoms with Crippen molar-refractivity contribution in [2.45, 2.75) is 33.2 Å². The molecule has 1 aliphatic rings. The van der Waals surface area contributed by atoms with E-state index in [-0.39, 0.29) is 11.3 Å². The number of aryl methyl sites for hydroxylation is 2. The molecule has 3 N–H and O–H groups in total. The second kappa shape index (κ2) is 3.90. The van der Waals surface area contributed by atoms with Gasteiger partial charge in [-0.2, -0.15) is 0 Å². The molecule has 1 aromatic rings. The van der Waals surface area contributed by atoms with Crippen molar-refractivity contribution < 1.29 is 9.21 Å². The van der Waals surface area contributed by atoms with Gasteiger partial charge in [0.15, 0.2) is 0 Å². The lowest BCUT2D eigenvalue weighted by molar-refractivity contribution is -0.126. The van der Waals surface area contributed by atoms with Crippen molar-refractivity contribution >= 4 is 5.91 Å². The Morgan fingerprint density at radius 1 is 1.56 bits per heavy atom. The zero-order valence-electron chi connectivity index (χ0n) is 9.67. The molecule has 1 amide bonds. The predicted molar refractivity (Wildman–Crippen MR) is 58.5 cm³/mol. The molecule has 0 aromatic carbocycles. The van der Waals surface area contributed by atoms with Gasteiger partial charge in [0, 0.05) is 6.54 Å². The Morgan fingerprint density at radius 2 is 2.25 bits per heavy atom. The van der Waals surface area contributed by atoms with Gasteiger partial charge in [-0.05, 0) is 26.7 Å². The molecule has 88 valence electrons. The minimum Gasteiger partial charge on any atom is -0.444 e. The van der Waals surface area contributed by atoms with Gasteiger partial charge in [-0.25, -0.2) is 4.98 Å². The number of carbonyl (C=O) groups excluding carboxylic acids is 1. The van der Waals surface area contributed by atoms with E-state index >= 15 is 0 Å². The van der Waals surface area contributed by atoms with Crippen LogP contribution in [0.1, 0.15) is 30.2 Å². The Bertz CT molecular complexity index is 388. The lowest BCUT2D eigenvalue weighted by atomic mass is 10.1. The third kappa shape index (κ3) is 1.95. The molecule has 0 radical (unpaired) electrons. The first-order valence-electron chi connectivity index (χ1n) is 5.49. The van der Waals surface area contributed by atoms with Gasteiger partial charge in [0.25, 0.3) is 0 Å². The zero-order valence-corrected chi connectivity index (χ0v) is 9.67. The minimum atomic E-state index is -0.309. The highest BCUT2D eigenvalue weighted by atomic mass is 16.4. The van der Waals surface area contributed by atoms with Crippen LogP contribution < -0.4 is 11.1 Å². The minimum absolute atomic E-state index is 0.0171. The van der Waals surface area contributed by atoms with Crippen molar-refractivity contribution in [2.24, 2.45) is 11.1 Å². The van der Waals surface area contributed by atoms with E-state index in [4.69, 9.17) is 10.2 Å². The highest BCUT2D eigenvalue weighted by Gasteiger charge is 2.48. The van der Waals surface area contributed by atoms with Crippen LogP contribution in [0.3, 0.4) is 0 Å². The van der Waals surface area contributed by atoms with Crippen LogP contribution >= 0.6 is 0 Å². The standard InChI is InChI=1S/C11H17N3O2/c1-7-8(2)16-9(14-7)5-13-10(15)11(6-12)3-4-11/h3-6,12H2,1-2H3,(H,13,15). The number of amides is 1. The van der Waals surface area contributed by atoms with Crippen molar-refractivity contribution in [1.29, 1.82) is 0 Å². The molecule has 0 bridgehead atoms. The van der Waals surface area contributed by atoms with Crippen LogP contribution in [0.25, 0.3) is 0 Å². The second-order valence-electron chi connectivity index (χ2n) is 4.42. The Balaban J connectivity index is 1.90. The maximum Gasteiger partial charge on any atom is 0.227 e. The van der Waals surface area contributed by atoms with Gasteiger partial charge in [0.05, 0.1) is 17.7 Å². The van der Waals surface area contributed by atoms with Gasteiger partial charge in [-0.1, -0.05) is 0 Å². The van der Waals surface area contributed by atoms with Crippen LogP contribution in [0.5, 0.6) is 0 Å². The highest BCUT2D eigenvalue weighted by Crippen LogP contribution is 2.44. The summed E-state index contributed by atoms with van der Waals surface area (Å²) in [6.07, 6.45) is 1.78. The first-order chi connectivity index (χ1) is 7.57. The van der Waals surface area contributed by atoms with Crippen molar-refractivity contribution in [3.63, 3.8) is 0 Å². The SMILES string of the molecule is Cc1nc(CNC(=O)C2(CN)CC2)oc1C. The summed E-state index contributed by atoms with van der Waals surface area (Å²) in [4.78, 5) is 16.0. The summed E-state index contributed by atoms with van der Waals surface area (Å²) in [5, 5.41) is 2.82. The third-order valence-electron chi connectivity index (χ3n) is 3.20. The molecule has 1 saturated carbocycles. The average Bonchev–Trinajstić information content (AvgIpc) is 3.00. The van der Waals surface area contributed by atoms with E-state index in [1.807, 2.05) is 13.8 Å². The Hall–Kier alpha value is -1.36. The van der Waals surface area contributed by atoms with E-state index in [9.17, 15) is 4.79 Å². The molecule has 0 unspecified atom stereocenters. The Labute approximate surface area is 94.4 Å². The van der Waals surface area contributed by atoms with E-state index < -0.39 is 0 Å². The monoisotopic (exact) mass is 223 g/mol. The number of hydrogen-bond acceptors (Lipinski definition) is 4. The van der Waals surface area contributed by atoms with Crippen molar-refractivity contribution in [3.05, 3.63) is 17.3 Å². The van der Waals surface area contributed by atoms with E-state index in [0.29, 0.717) is 19.0 Å². The predicted octanol–water partition coefficient (Wildman–Crippen LogP) is 0.647. The van der Waals surface area contributed by atoms with Crippen LogP contribution in [0, 0.1) is 19.3 Å². The maximum atomic E-state index is 11.8. The number of rotatable bonds is 4. The summed E-state index contributed by atoms with van der Waals surface area (Å²) in [5.74, 6) is 1.36. The van der Waals surface area contributed by atoms with Gasteiger partial charge in [-0.15, -0.1) is 0 Å². The van der Waals surface area contributed by atoms with Gasteiger partial charge >= 0.3 is 0 Å². The summed E-state index contributed by atoms with van der Waals surface area (Å²) >= 11 is 0. The summed E-state index contributed by atoms with van der Waals surface area (Å²) in [6.45, 7) is 4.50.